The molecule has 0 aliphatic carbocycles. The minimum atomic E-state index is -3.33. The van der Waals surface area contributed by atoms with Gasteiger partial charge in [-0.2, -0.15) is 0 Å². The van der Waals surface area contributed by atoms with E-state index in [-0.39, 0.29) is 17.7 Å². The summed E-state index contributed by atoms with van der Waals surface area (Å²) in [6.07, 6.45) is 0. The molecule has 0 spiro atoms. The Morgan fingerprint density at radius 2 is 1.84 bits per heavy atom. The van der Waals surface area contributed by atoms with E-state index in [1.165, 1.54) is 0 Å². The summed E-state index contributed by atoms with van der Waals surface area (Å²) in [6.45, 7) is 1.84. The average molecular weight is 298 g/mol. The van der Waals surface area contributed by atoms with Gasteiger partial charge in [-0.05, 0) is 23.3 Å². The van der Waals surface area contributed by atoms with Crippen LogP contribution in [0.25, 0.3) is 10.8 Å². The molecule has 0 radical (unpaired) electrons. The number of hydrogen-bond acceptors (Lipinski definition) is 2. The molecule has 0 aliphatic rings. The second-order valence-electron chi connectivity index (χ2n) is 4.42. The number of sulfonamides is 1. The number of nitrogens with one attached hydrogen (secondary N) is 1. The van der Waals surface area contributed by atoms with Gasteiger partial charge in [0.1, 0.15) is 0 Å². The summed E-state index contributed by atoms with van der Waals surface area (Å²) in [4.78, 5) is 0. The van der Waals surface area contributed by atoms with Crippen molar-refractivity contribution in [3.05, 3.63) is 48.0 Å². The van der Waals surface area contributed by atoms with Crippen LogP contribution in [0.5, 0.6) is 0 Å². The maximum absolute atomic E-state index is 11.8. The lowest BCUT2D eigenvalue weighted by Gasteiger charge is -2.16. The Kier molecular flexibility index (Phi) is 4.45. The number of benzene rings is 2. The van der Waals surface area contributed by atoms with E-state index in [1.54, 1.807) is 0 Å². The van der Waals surface area contributed by atoms with Crippen LogP contribution in [0.1, 0.15) is 18.5 Å². The molecule has 102 valence electrons. The van der Waals surface area contributed by atoms with Crippen LogP contribution in [-0.4, -0.2) is 20.1 Å². The molecule has 0 heterocycles. The molecular formula is C14H16ClNO2S. The van der Waals surface area contributed by atoms with Gasteiger partial charge in [0.05, 0.1) is 5.75 Å². The third-order valence-corrected chi connectivity index (χ3v) is 4.86. The summed E-state index contributed by atoms with van der Waals surface area (Å²) in [5.74, 6) is 0.0290. The Balaban J connectivity index is 2.34. The van der Waals surface area contributed by atoms with E-state index in [1.807, 2.05) is 49.4 Å². The molecule has 0 bridgehead atoms. The fourth-order valence-electron chi connectivity index (χ4n) is 2.12. The van der Waals surface area contributed by atoms with Gasteiger partial charge >= 0.3 is 0 Å². The van der Waals surface area contributed by atoms with Crippen LogP contribution in [0.3, 0.4) is 0 Å². The van der Waals surface area contributed by atoms with Crippen LogP contribution in [-0.2, 0) is 10.0 Å². The van der Waals surface area contributed by atoms with Gasteiger partial charge in [-0.3, -0.25) is 0 Å². The predicted molar refractivity (Wildman–Crippen MR) is 80.0 cm³/mol. The van der Waals surface area contributed by atoms with Crippen molar-refractivity contribution >= 4 is 32.4 Å². The smallest absolute Gasteiger partial charge is 0.212 e. The molecule has 1 atom stereocenters. The fourth-order valence-corrected chi connectivity index (χ4v) is 3.72. The van der Waals surface area contributed by atoms with E-state index >= 15 is 0 Å². The van der Waals surface area contributed by atoms with Gasteiger partial charge in [0.25, 0.3) is 0 Å². The molecule has 5 heteroatoms. The fraction of sp³-hybridized carbons (Fsp3) is 0.286. The maximum atomic E-state index is 11.8. The lowest BCUT2D eigenvalue weighted by molar-refractivity contribution is 0.569. The van der Waals surface area contributed by atoms with Crippen LogP contribution >= 0.6 is 11.6 Å². The van der Waals surface area contributed by atoms with Crippen molar-refractivity contribution in [3.63, 3.8) is 0 Å². The van der Waals surface area contributed by atoms with Crippen LogP contribution in [0.4, 0.5) is 0 Å². The number of rotatable bonds is 5. The minimum absolute atomic E-state index is 0.0658. The topological polar surface area (TPSA) is 46.2 Å². The number of alkyl halides is 1. The summed E-state index contributed by atoms with van der Waals surface area (Å²) in [7, 11) is -3.33. The first-order valence-electron chi connectivity index (χ1n) is 6.07. The first kappa shape index (κ1) is 14.3. The van der Waals surface area contributed by atoms with E-state index < -0.39 is 10.0 Å². The summed E-state index contributed by atoms with van der Waals surface area (Å²) in [5, 5.41) is 2.16. The van der Waals surface area contributed by atoms with E-state index in [4.69, 9.17) is 11.6 Å². The largest absolute Gasteiger partial charge is 0.213 e. The molecule has 0 fully saturated rings. The van der Waals surface area contributed by atoms with Gasteiger partial charge < -0.3 is 0 Å². The average Bonchev–Trinajstić information content (AvgIpc) is 2.37. The van der Waals surface area contributed by atoms with Gasteiger partial charge in [0, 0.05) is 11.9 Å². The zero-order valence-corrected chi connectivity index (χ0v) is 12.2. The second kappa shape index (κ2) is 5.90. The van der Waals surface area contributed by atoms with Crippen molar-refractivity contribution in [1.29, 1.82) is 0 Å². The maximum Gasteiger partial charge on any atom is 0.213 e. The molecule has 0 aliphatic heterocycles. The van der Waals surface area contributed by atoms with E-state index in [9.17, 15) is 8.42 Å². The van der Waals surface area contributed by atoms with Crippen molar-refractivity contribution in [2.75, 3.05) is 11.6 Å². The zero-order valence-electron chi connectivity index (χ0n) is 10.6. The van der Waals surface area contributed by atoms with Crippen LogP contribution < -0.4 is 4.72 Å². The molecule has 0 amide bonds. The Hall–Kier alpha value is -1.10. The molecule has 0 saturated carbocycles. The first-order chi connectivity index (χ1) is 9.03. The summed E-state index contributed by atoms with van der Waals surface area (Å²) < 4.78 is 26.2. The molecule has 1 N–H and O–H groups in total. The summed E-state index contributed by atoms with van der Waals surface area (Å²) in [6, 6.07) is 13.5. The van der Waals surface area contributed by atoms with Gasteiger partial charge in [-0.25, -0.2) is 13.1 Å². The first-order valence-corrected chi connectivity index (χ1v) is 8.26. The van der Waals surface area contributed by atoms with Crippen molar-refractivity contribution in [1.82, 2.24) is 4.72 Å². The second-order valence-corrected chi connectivity index (χ2v) is 6.67. The quantitative estimate of drug-likeness (QED) is 0.862. The zero-order chi connectivity index (χ0) is 13.9. The number of fused-ring (bicyclic) bond motifs is 1. The highest BCUT2D eigenvalue weighted by atomic mass is 35.5. The number of halogens is 1. The Morgan fingerprint density at radius 3 is 2.58 bits per heavy atom. The Morgan fingerprint density at radius 1 is 1.16 bits per heavy atom. The predicted octanol–water partition coefficient (Wildman–Crippen LogP) is 3.06. The molecule has 0 saturated heterocycles. The molecule has 1 unspecified atom stereocenters. The molecule has 19 heavy (non-hydrogen) atoms. The minimum Gasteiger partial charge on any atom is -0.212 e. The van der Waals surface area contributed by atoms with Crippen molar-refractivity contribution in [2.24, 2.45) is 0 Å². The molecule has 2 aromatic rings. The standard InChI is InChI=1S/C14H16ClNO2S/c1-11(16-19(17,18)10-9-15)13-8-4-6-12-5-2-3-7-14(12)13/h2-8,11,16H,9-10H2,1H3. The molecular weight excluding hydrogens is 282 g/mol. The van der Waals surface area contributed by atoms with Gasteiger partial charge in [-0.15, -0.1) is 11.6 Å². The van der Waals surface area contributed by atoms with E-state index in [0.717, 1.165) is 16.3 Å². The Bertz CT molecular complexity index is 665. The monoisotopic (exact) mass is 297 g/mol. The summed E-state index contributed by atoms with van der Waals surface area (Å²) >= 11 is 5.49. The molecule has 2 aromatic carbocycles. The van der Waals surface area contributed by atoms with Crippen LogP contribution in [0, 0.1) is 0 Å². The normalized spacial score (nSPS) is 13.6. The molecule has 3 nitrogen and oxygen atoms in total. The Labute approximate surface area is 118 Å². The van der Waals surface area contributed by atoms with E-state index in [0.29, 0.717) is 0 Å². The van der Waals surface area contributed by atoms with Crippen molar-refractivity contribution < 1.29 is 8.42 Å². The summed E-state index contributed by atoms with van der Waals surface area (Å²) in [5.41, 5.74) is 0.969. The highest BCUT2D eigenvalue weighted by Crippen LogP contribution is 2.24. The SMILES string of the molecule is CC(NS(=O)(=O)CCCl)c1cccc2ccccc12. The molecule has 0 aromatic heterocycles. The van der Waals surface area contributed by atoms with Crippen molar-refractivity contribution in [3.8, 4) is 0 Å². The molecule has 2 rings (SSSR count). The van der Waals surface area contributed by atoms with Gasteiger partial charge in [0.2, 0.25) is 10.0 Å². The number of hydrogen-bond donors (Lipinski definition) is 1. The van der Waals surface area contributed by atoms with Crippen molar-refractivity contribution in [2.45, 2.75) is 13.0 Å². The van der Waals surface area contributed by atoms with Crippen LogP contribution in [0.15, 0.2) is 42.5 Å². The lowest BCUT2D eigenvalue weighted by atomic mass is 10.0. The van der Waals surface area contributed by atoms with Gasteiger partial charge in [0.15, 0.2) is 0 Å². The van der Waals surface area contributed by atoms with Crippen LogP contribution in [0.2, 0.25) is 0 Å². The highest BCUT2D eigenvalue weighted by Gasteiger charge is 2.16. The van der Waals surface area contributed by atoms with Gasteiger partial charge in [-0.1, -0.05) is 42.5 Å². The third kappa shape index (κ3) is 3.47. The lowest BCUT2D eigenvalue weighted by Crippen LogP contribution is -2.29. The highest BCUT2D eigenvalue weighted by molar-refractivity contribution is 7.89. The van der Waals surface area contributed by atoms with E-state index in [2.05, 4.69) is 4.72 Å². The third-order valence-electron chi connectivity index (χ3n) is 2.99.